The van der Waals surface area contributed by atoms with E-state index in [2.05, 4.69) is 15.3 Å². The minimum atomic E-state index is -0.506. The van der Waals surface area contributed by atoms with Crippen molar-refractivity contribution >= 4 is 5.95 Å². The molecule has 0 spiro atoms. The molecular weight excluding hydrogens is 294 g/mol. The van der Waals surface area contributed by atoms with Gasteiger partial charge in [0.25, 0.3) is 0 Å². The first-order chi connectivity index (χ1) is 11.2. The molecule has 0 radical (unpaired) electrons. The molecule has 1 N–H and O–H groups in total. The minimum Gasteiger partial charge on any atom is -0.473 e. The third kappa shape index (κ3) is 4.64. The van der Waals surface area contributed by atoms with E-state index in [1.807, 2.05) is 37.3 Å². The van der Waals surface area contributed by atoms with Gasteiger partial charge >= 0.3 is 0 Å². The van der Waals surface area contributed by atoms with E-state index in [0.717, 1.165) is 12.0 Å². The highest BCUT2D eigenvalue weighted by molar-refractivity contribution is 5.27. The smallest absolute Gasteiger partial charge is 0.225 e. The second-order valence-corrected chi connectivity index (χ2v) is 5.50. The van der Waals surface area contributed by atoms with Crippen LogP contribution in [0.4, 0.5) is 5.95 Å². The van der Waals surface area contributed by atoms with Crippen LogP contribution in [0.3, 0.4) is 0 Å². The zero-order chi connectivity index (χ0) is 16.0. The van der Waals surface area contributed by atoms with Crippen LogP contribution < -0.4 is 10.1 Å². The lowest BCUT2D eigenvalue weighted by Crippen LogP contribution is -2.28. The van der Waals surface area contributed by atoms with E-state index in [9.17, 15) is 0 Å². The molecule has 1 aromatic carbocycles. The van der Waals surface area contributed by atoms with Crippen LogP contribution in [0.2, 0.25) is 0 Å². The predicted octanol–water partition coefficient (Wildman–Crippen LogP) is 2.62. The van der Waals surface area contributed by atoms with Crippen molar-refractivity contribution in [2.24, 2.45) is 0 Å². The van der Waals surface area contributed by atoms with Crippen molar-refractivity contribution in [3.05, 3.63) is 48.2 Å². The Morgan fingerprint density at radius 2 is 1.96 bits per heavy atom. The van der Waals surface area contributed by atoms with Crippen molar-refractivity contribution in [2.45, 2.75) is 25.7 Å². The second-order valence-electron chi connectivity index (χ2n) is 5.50. The third-order valence-electron chi connectivity index (χ3n) is 3.62. The molecule has 23 heavy (non-hydrogen) atoms. The van der Waals surface area contributed by atoms with Gasteiger partial charge in [-0.1, -0.05) is 30.3 Å². The first-order valence-electron chi connectivity index (χ1n) is 7.75. The number of aromatic nitrogens is 2. The van der Waals surface area contributed by atoms with E-state index in [0.29, 0.717) is 38.2 Å². The number of hydrogen-bond acceptors (Lipinski definition) is 6. The van der Waals surface area contributed by atoms with Crippen LogP contribution in [0.15, 0.2) is 42.6 Å². The Balaban J connectivity index is 1.49. The van der Waals surface area contributed by atoms with Crippen LogP contribution in [-0.2, 0) is 16.1 Å². The summed E-state index contributed by atoms with van der Waals surface area (Å²) in [4.78, 5) is 8.55. The lowest BCUT2D eigenvalue weighted by Gasteiger charge is -2.22. The fourth-order valence-corrected chi connectivity index (χ4v) is 2.34. The largest absolute Gasteiger partial charge is 0.473 e. The highest BCUT2D eigenvalue weighted by atomic mass is 16.7. The Morgan fingerprint density at radius 1 is 1.17 bits per heavy atom. The average molecular weight is 315 g/mol. The highest BCUT2D eigenvalue weighted by Gasteiger charge is 2.30. The molecule has 1 aromatic heterocycles. The summed E-state index contributed by atoms with van der Waals surface area (Å²) in [5.74, 6) is 0.581. The summed E-state index contributed by atoms with van der Waals surface area (Å²) in [6, 6.07) is 11.7. The summed E-state index contributed by atoms with van der Waals surface area (Å²) in [6.45, 7) is 4.39. The Hall–Kier alpha value is -2.18. The van der Waals surface area contributed by atoms with E-state index in [-0.39, 0.29) is 0 Å². The van der Waals surface area contributed by atoms with Crippen molar-refractivity contribution in [1.82, 2.24) is 9.97 Å². The average Bonchev–Trinajstić information content (AvgIpc) is 3.01. The number of benzene rings is 1. The summed E-state index contributed by atoms with van der Waals surface area (Å²) in [7, 11) is 0. The monoisotopic (exact) mass is 315 g/mol. The third-order valence-corrected chi connectivity index (χ3v) is 3.62. The van der Waals surface area contributed by atoms with E-state index in [4.69, 9.17) is 14.2 Å². The predicted molar refractivity (Wildman–Crippen MR) is 86.2 cm³/mol. The SMILES string of the molecule is CC1(CCNc2nccc(OCc3ccccc3)n2)OCCO1. The topological polar surface area (TPSA) is 65.5 Å². The number of anilines is 1. The van der Waals surface area contributed by atoms with Crippen LogP contribution in [0.25, 0.3) is 0 Å². The van der Waals surface area contributed by atoms with Gasteiger partial charge in [0.2, 0.25) is 11.8 Å². The summed E-state index contributed by atoms with van der Waals surface area (Å²) in [5.41, 5.74) is 1.10. The quantitative estimate of drug-likeness (QED) is 0.847. The molecule has 0 bridgehead atoms. The fraction of sp³-hybridized carbons (Fsp3) is 0.412. The zero-order valence-corrected chi connectivity index (χ0v) is 13.2. The van der Waals surface area contributed by atoms with Crippen molar-refractivity contribution in [3.8, 4) is 5.88 Å². The van der Waals surface area contributed by atoms with Gasteiger partial charge in [0.1, 0.15) is 6.61 Å². The standard InChI is InChI=1S/C17H21N3O3/c1-17(22-11-12-23-17)8-10-19-16-18-9-7-15(20-16)21-13-14-5-3-2-4-6-14/h2-7,9H,8,10-13H2,1H3,(H,18,19,20). The maximum Gasteiger partial charge on any atom is 0.225 e. The van der Waals surface area contributed by atoms with Gasteiger partial charge in [0.15, 0.2) is 5.79 Å². The van der Waals surface area contributed by atoms with Gasteiger partial charge in [-0.3, -0.25) is 0 Å². The summed E-state index contributed by atoms with van der Waals surface area (Å²) < 4.78 is 16.8. The Morgan fingerprint density at radius 3 is 2.74 bits per heavy atom. The molecule has 122 valence electrons. The first-order valence-corrected chi connectivity index (χ1v) is 7.75. The minimum absolute atomic E-state index is 0.483. The van der Waals surface area contributed by atoms with Gasteiger partial charge in [-0.15, -0.1) is 0 Å². The molecule has 1 saturated heterocycles. The molecule has 6 nitrogen and oxygen atoms in total. The van der Waals surface area contributed by atoms with Gasteiger partial charge in [-0.2, -0.15) is 4.98 Å². The molecule has 3 rings (SSSR count). The molecule has 0 atom stereocenters. The van der Waals surface area contributed by atoms with E-state index >= 15 is 0 Å². The maximum absolute atomic E-state index is 5.69. The van der Waals surface area contributed by atoms with Gasteiger partial charge in [0.05, 0.1) is 13.2 Å². The Bertz CT molecular complexity index is 615. The van der Waals surface area contributed by atoms with E-state index in [1.54, 1.807) is 12.3 Å². The summed E-state index contributed by atoms with van der Waals surface area (Å²) >= 11 is 0. The molecule has 1 aliphatic heterocycles. The number of rotatable bonds is 7. The van der Waals surface area contributed by atoms with Gasteiger partial charge in [0, 0.05) is 25.2 Å². The number of nitrogens with one attached hydrogen (secondary N) is 1. The molecule has 0 saturated carbocycles. The fourth-order valence-electron chi connectivity index (χ4n) is 2.34. The van der Waals surface area contributed by atoms with Crippen molar-refractivity contribution in [3.63, 3.8) is 0 Å². The van der Waals surface area contributed by atoms with Gasteiger partial charge in [-0.05, 0) is 12.5 Å². The van der Waals surface area contributed by atoms with Crippen molar-refractivity contribution in [2.75, 3.05) is 25.1 Å². The molecule has 0 amide bonds. The molecule has 0 aliphatic carbocycles. The van der Waals surface area contributed by atoms with Gasteiger partial charge < -0.3 is 19.5 Å². The first kappa shape index (κ1) is 15.7. The zero-order valence-electron chi connectivity index (χ0n) is 13.2. The van der Waals surface area contributed by atoms with Gasteiger partial charge in [-0.25, -0.2) is 4.98 Å². The van der Waals surface area contributed by atoms with Crippen LogP contribution >= 0.6 is 0 Å². The lowest BCUT2D eigenvalue weighted by molar-refractivity contribution is -0.144. The van der Waals surface area contributed by atoms with Crippen molar-refractivity contribution < 1.29 is 14.2 Å². The highest BCUT2D eigenvalue weighted by Crippen LogP contribution is 2.22. The Kier molecular flexibility index (Phi) is 5.05. The molecular formula is C17H21N3O3. The number of hydrogen-bond donors (Lipinski definition) is 1. The molecule has 1 fully saturated rings. The summed E-state index contributed by atoms with van der Waals surface area (Å²) in [6.07, 6.45) is 2.41. The second kappa shape index (κ2) is 7.39. The van der Waals surface area contributed by atoms with E-state index in [1.165, 1.54) is 0 Å². The molecule has 1 aliphatic rings. The Labute approximate surface area is 135 Å². The lowest BCUT2D eigenvalue weighted by atomic mass is 10.2. The number of ether oxygens (including phenoxy) is 3. The van der Waals surface area contributed by atoms with Crippen molar-refractivity contribution in [1.29, 1.82) is 0 Å². The number of nitrogens with zero attached hydrogens (tertiary/aromatic N) is 2. The molecule has 2 aromatic rings. The normalized spacial score (nSPS) is 16.2. The van der Waals surface area contributed by atoms with Crippen LogP contribution in [0.5, 0.6) is 5.88 Å². The molecule has 2 heterocycles. The maximum atomic E-state index is 5.69. The van der Waals surface area contributed by atoms with E-state index < -0.39 is 5.79 Å². The van der Waals surface area contributed by atoms with Crippen LogP contribution in [0, 0.1) is 0 Å². The van der Waals surface area contributed by atoms with Crippen LogP contribution in [-0.4, -0.2) is 35.5 Å². The molecule has 6 heteroatoms. The van der Waals surface area contributed by atoms with Crippen LogP contribution in [0.1, 0.15) is 18.9 Å². The molecule has 0 unspecified atom stereocenters. The summed E-state index contributed by atoms with van der Waals surface area (Å²) in [5, 5.41) is 3.17.